The summed E-state index contributed by atoms with van der Waals surface area (Å²) >= 11 is 0. The molecule has 0 bridgehead atoms. The maximum absolute atomic E-state index is 11.5. The van der Waals surface area contributed by atoms with Crippen molar-refractivity contribution in [1.82, 2.24) is 0 Å². The van der Waals surface area contributed by atoms with E-state index in [2.05, 4.69) is 6.08 Å². The first kappa shape index (κ1) is 16.6. The smallest absolute Gasteiger partial charge is 0.347 e. The molecular formula is C18H24O4. The van der Waals surface area contributed by atoms with Gasteiger partial charge in [-0.2, -0.15) is 0 Å². The Hall–Kier alpha value is -1.81. The SMILES string of the molecule is CC1CC(Oc2ccc(/C=C/C[C@@H](C)[C@H](C)O)cc2)C(=O)O1. The second-order valence-electron chi connectivity index (χ2n) is 6.01. The fourth-order valence-electron chi connectivity index (χ4n) is 2.25. The molecule has 1 aromatic rings. The van der Waals surface area contributed by atoms with E-state index in [9.17, 15) is 9.90 Å². The summed E-state index contributed by atoms with van der Waals surface area (Å²) < 4.78 is 10.7. The first-order valence-corrected chi connectivity index (χ1v) is 7.77. The van der Waals surface area contributed by atoms with Gasteiger partial charge in [-0.25, -0.2) is 4.79 Å². The molecule has 1 aliphatic rings. The topological polar surface area (TPSA) is 55.8 Å². The van der Waals surface area contributed by atoms with Crippen LogP contribution in [0.4, 0.5) is 0 Å². The molecule has 1 saturated heterocycles. The second kappa shape index (κ2) is 7.45. The molecule has 1 aromatic carbocycles. The Morgan fingerprint density at radius 2 is 2.05 bits per heavy atom. The van der Waals surface area contributed by atoms with Crippen LogP contribution in [0.25, 0.3) is 6.08 Å². The number of hydrogen-bond acceptors (Lipinski definition) is 4. The lowest BCUT2D eigenvalue weighted by molar-refractivity contribution is -0.145. The van der Waals surface area contributed by atoms with Crippen molar-refractivity contribution in [2.24, 2.45) is 5.92 Å². The highest BCUT2D eigenvalue weighted by atomic mass is 16.6. The monoisotopic (exact) mass is 304 g/mol. The van der Waals surface area contributed by atoms with Gasteiger partial charge in [0, 0.05) is 6.42 Å². The van der Waals surface area contributed by atoms with Crippen LogP contribution in [0.1, 0.15) is 39.2 Å². The summed E-state index contributed by atoms with van der Waals surface area (Å²) in [6.45, 7) is 5.69. The molecule has 4 heteroatoms. The van der Waals surface area contributed by atoms with Crippen molar-refractivity contribution in [3.8, 4) is 5.75 Å². The van der Waals surface area contributed by atoms with Crippen molar-refractivity contribution in [2.45, 2.75) is 51.9 Å². The number of aliphatic hydroxyl groups is 1. The molecule has 2 rings (SSSR count). The van der Waals surface area contributed by atoms with Crippen LogP contribution in [0.15, 0.2) is 30.3 Å². The quantitative estimate of drug-likeness (QED) is 0.820. The minimum Gasteiger partial charge on any atom is -0.479 e. The third-order valence-corrected chi connectivity index (χ3v) is 3.93. The third-order valence-electron chi connectivity index (χ3n) is 3.93. The van der Waals surface area contributed by atoms with Gasteiger partial charge in [-0.05, 0) is 43.9 Å². The summed E-state index contributed by atoms with van der Waals surface area (Å²) in [5, 5.41) is 9.44. The first-order chi connectivity index (χ1) is 10.5. The maximum Gasteiger partial charge on any atom is 0.347 e. The Labute approximate surface area is 131 Å². The lowest BCUT2D eigenvalue weighted by Crippen LogP contribution is -2.21. The predicted molar refractivity (Wildman–Crippen MR) is 85.5 cm³/mol. The second-order valence-corrected chi connectivity index (χ2v) is 6.01. The summed E-state index contributed by atoms with van der Waals surface area (Å²) in [5.41, 5.74) is 1.06. The third kappa shape index (κ3) is 4.60. The van der Waals surface area contributed by atoms with Gasteiger partial charge in [-0.3, -0.25) is 0 Å². The molecule has 0 radical (unpaired) electrons. The van der Waals surface area contributed by atoms with E-state index >= 15 is 0 Å². The average Bonchev–Trinajstić information content (AvgIpc) is 2.78. The number of aliphatic hydroxyl groups excluding tert-OH is 1. The number of hydrogen-bond donors (Lipinski definition) is 1. The van der Waals surface area contributed by atoms with E-state index < -0.39 is 6.10 Å². The minimum atomic E-state index is -0.497. The van der Waals surface area contributed by atoms with Crippen molar-refractivity contribution in [3.63, 3.8) is 0 Å². The van der Waals surface area contributed by atoms with Crippen LogP contribution in [0.5, 0.6) is 5.75 Å². The zero-order chi connectivity index (χ0) is 16.1. The number of esters is 1. The van der Waals surface area contributed by atoms with Crippen LogP contribution in [-0.4, -0.2) is 29.4 Å². The molecule has 0 amide bonds. The molecule has 120 valence electrons. The standard InChI is InChI=1S/C18H24O4/c1-12(14(3)19)5-4-6-15-7-9-16(10-8-15)22-17-11-13(2)21-18(17)20/h4,6-10,12-14,17,19H,5,11H2,1-3H3/b6-4+/t12-,13?,14+,17?/m1/s1. The van der Waals surface area contributed by atoms with Gasteiger partial charge in [0.1, 0.15) is 11.9 Å². The van der Waals surface area contributed by atoms with Crippen LogP contribution in [0, 0.1) is 5.92 Å². The zero-order valence-electron chi connectivity index (χ0n) is 13.4. The van der Waals surface area contributed by atoms with Crippen molar-refractivity contribution in [1.29, 1.82) is 0 Å². The van der Waals surface area contributed by atoms with Crippen molar-refractivity contribution in [3.05, 3.63) is 35.9 Å². The van der Waals surface area contributed by atoms with Gasteiger partial charge in [0.2, 0.25) is 0 Å². The molecule has 4 nitrogen and oxygen atoms in total. The van der Waals surface area contributed by atoms with Gasteiger partial charge in [0.25, 0.3) is 0 Å². The minimum absolute atomic E-state index is 0.0735. The molecule has 0 spiro atoms. The first-order valence-electron chi connectivity index (χ1n) is 7.77. The van der Waals surface area contributed by atoms with Crippen LogP contribution in [0.3, 0.4) is 0 Å². The number of carbonyl (C=O) groups excluding carboxylic acids is 1. The number of cyclic esters (lactones) is 1. The van der Waals surface area contributed by atoms with E-state index in [0.29, 0.717) is 12.2 Å². The molecule has 4 atom stereocenters. The highest BCUT2D eigenvalue weighted by molar-refractivity contribution is 5.77. The van der Waals surface area contributed by atoms with Gasteiger partial charge in [-0.1, -0.05) is 31.2 Å². The summed E-state index contributed by atoms with van der Waals surface area (Å²) in [6.07, 6.45) is 4.64. The van der Waals surface area contributed by atoms with Crippen LogP contribution >= 0.6 is 0 Å². The van der Waals surface area contributed by atoms with E-state index in [1.165, 1.54) is 0 Å². The highest BCUT2D eigenvalue weighted by Crippen LogP contribution is 2.22. The Morgan fingerprint density at radius 3 is 2.59 bits per heavy atom. The number of benzene rings is 1. The van der Waals surface area contributed by atoms with Gasteiger partial charge < -0.3 is 14.6 Å². The van der Waals surface area contributed by atoms with E-state index in [4.69, 9.17) is 9.47 Å². The van der Waals surface area contributed by atoms with Gasteiger partial charge in [0.05, 0.1) is 6.10 Å². The lowest BCUT2D eigenvalue weighted by Gasteiger charge is -2.11. The largest absolute Gasteiger partial charge is 0.479 e. The molecule has 0 saturated carbocycles. The summed E-state index contributed by atoms with van der Waals surface area (Å²) in [5.74, 6) is 0.628. The lowest BCUT2D eigenvalue weighted by atomic mass is 10.0. The Morgan fingerprint density at radius 1 is 1.36 bits per heavy atom. The molecule has 0 aromatic heterocycles. The van der Waals surface area contributed by atoms with E-state index in [0.717, 1.165) is 12.0 Å². The normalized spacial score (nSPS) is 24.3. The molecule has 1 fully saturated rings. The summed E-state index contributed by atoms with van der Waals surface area (Å²) in [6, 6.07) is 7.60. The molecular weight excluding hydrogens is 280 g/mol. The molecule has 1 aliphatic heterocycles. The molecule has 2 unspecified atom stereocenters. The average molecular weight is 304 g/mol. The van der Waals surface area contributed by atoms with Gasteiger partial charge >= 0.3 is 5.97 Å². The molecule has 22 heavy (non-hydrogen) atoms. The number of ether oxygens (including phenoxy) is 2. The molecule has 1 heterocycles. The molecule has 1 N–H and O–H groups in total. The molecule has 0 aliphatic carbocycles. The van der Waals surface area contributed by atoms with Crippen LogP contribution < -0.4 is 4.74 Å². The van der Waals surface area contributed by atoms with Crippen molar-refractivity contribution < 1.29 is 19.4 Å². The van der Waals surface area contributed by atoms with Gasteiger partial charge in [-0.15, -0.1) is 0 Å². The maximum atomic E-state index is 11.5. The Bertz CT molecular complexity index is 518. The van der Waals surface area contributed by atoms with Crippen LogP contribution in [0.2, 0.25) is 0 Å². The number of rotatable bonds is 6. The number of allylic oxidation sites excluding steroid dienone is 1. The number of carbonyl (C=O) groups is 1. The van der Waals surface area contributed by atoms with Gasteiger partial charge in [0.15, 0.2) is 6.10 Å². The Balaban J connectivity index is 1.88. The van der Waals surface area contributed by atoms with Crippen molar-refractivity contribution in [2.75, 3.05) is 0 Å². The van der Waals surface area contributed by atoms with Crippen molar-refractivity contribution >= 4 is 12.0 Å². The summed E-state index contributed by atoms with van der Waals surface area (Å²) in [4.78, 5) is 11.5. The van der Waals surface area contributed by atoms with E-state index in [1.54, 1.807) is 6.92 Å². The fourth-order valence-corrected chi connectivity index (χ4v) is 2.25. The Kier molecular flexibility index (Phi) is 5.61. The van der Waals surface area contributed by atoms with E-state index in [1.807, 2.05) is 44.2 Å². The highest BCUT2D eigenvalue weighted by Gasteiger charge is 2.33. The van der Waals surface area contributed by atoms with Crippen LogP contribution in [-0.2, 0) is 9.53 Å². The fraction of sp³-hybridized carbons (Fsp3) is 0.500. The van der Waals surface area contributed by atoms with E-state index in [-0.39, 0.29) is 24.1 Å². The zero-order valence-corrected chi connectivity index (χ0v) is 13.4. The predicted octanol–water partition coefficient (Wildman–Crippen LogP) is 3.19. The summed E-state index contributed by atoms with van der Waals surface area (Å²) in [7, 11) is 0.